The Hall–Kier alpha value is -4.17. The maximum Gasteiger partial charge on any atom is 0.323 e. The number of carbonyl (C=O) groups excluding carboxylic acids is 2. The van der Waals surface area contributed by atoms with Gasteiger partial charge in [0.05, 0.1) is 58.3 Å². The third-order valence-corrected chi connectivity index (χ3v) is 8.20. The minimum Gasteiger partial charge on any atom is -0.379 e. The van der Waals surface area contributed by atoms with Crippen molar-refractivity contribution in [1.82, 2.24) is 19.9 Å². The highest BCUT2D eigenvalue weighted by atomic mass is 16.5. The number of aromatic nitrogens is 3. The number of hydrogen-bond donors (Lipinski definition) is 2. The van der Waals surface area contributed by atoms with Crippen LogP contribution in [-0.2, 0) is 14.2 Å². The third kappa shape index (κ3) is 7.74. The molecular formula is C32H40N8O5. The molecule has 13 heteroatoms. The SMILES string of the molecule is C[C@@H]1COCCN1c1nc(-c2ccc(NC(=O)Nc3ccc(C(=O)CN4CCOCC4)cc3)cc2)nc(N2CCOC[C@H]2C)n1. The molecule has 2 atom stereocenters. The Labute approximate surface area is 262 Å². The van der Waals surface area contributed by atoms with Gasteiger partial charge in [-0.15, -0.1) is 0 Å². The number of ether oxygens (including phenoxy) is 3. The van der Waals surface area contributed by atoms with E-state index in [4.69, 9.17) is 29.2 Å². The van der Waals surface area contributed by atoms with Crippen LogP contribution in [0.15, 0.2) is 48.5 Å². The molecule has 3 aliphatic rings. The summed E-state index contributed by atoms with van der Waals surface area (Å²) < 4.78 is 16.6. The summed E-state index contributed by atoms with van der Waals surface area (Å²) >= 11 is 0. The van der Waals surface area contributed by atoms with Crippen LogP contribution in [0.4, 0.5) is 28.1 Å². The van der Waals surface area contributed by atoms with Crippen molar-refractivity contribution in [3.05, 3.63) is 54.1 Å². The van der Waals surface area contributed by atoms with Crippen LogP contribution in [0.5, 0.6) is 0 Å². The zero-order valence-corrected chi connectivity index (χ0v) is 25.8. The molecule has 0 saturated carbocycles. The second-order valence-electron chi connectivity index (χ2n) is 11.5. The molecule has 3 aliphatic heterocycles. The number of Topliss-reactive ketones (excluding diaryl/α,β-unsaturated/α-hetero) is 1. The fraction of sp³-hybridized carbons (Fsp3) is 0.469. The average molecular weight is 617 g/mol. The summed E-state index contributed by atoms with van der Waals surface area (Å²) in [7, 11) is 0. The van der Waals surface area contributed by atoms with E-state index in [0.717, 1.165) is 18.7 Å². The molecule has 13 nitrogen and oxygen atoms in total. The van der Waals surface area contributed by atoms with E-state index >= 15 is 0 Å². The van der Waals surface area contributed by atoms with Crippen molar-refractivity contribution < 1.29 is 23.8 Å². The lowest BCUT2D eigenvalue weighted by Gasteiger charge is -2.36. The number of hydrogen-bond acceptors (Lipinski definition) is 11. The maximum absolute atomic E-state index is 12.7. The van der Waals surface area contributed by atoms with Crippen LogP contribution >= 0.6 is 0 Å². The third-order valence-electron chi connectivity index (χ3n) is 8.20. The van der Waals surface area contributed by atoms with Crippen molar-refractivity contribution in [2.75, 3.05) is 92.8 Å². The summed E-state index contributed by atoms with van der Waals surface area (Å²) in [6.45, 7) is 11.2. The summed E-state index contributed by atoms with van der Waals surface area (Å²) in [5, 5.41) is 5.69. The van der Waals surface area contributed by atoms with Crippen LogP contribution in [-0.4, -0.2) is 116 Å². The van der Waals surface area contributed by atoms with E-state index in [2.05, 4.69) is 39.2 Å². The number of urea groups is 1. The minimum atomic E-state index is -0.387. The number of ketones is 1. The summed E-state index contributed by atoms with van der Waals surface area (Å²) in [4.78, 5) is 46.4. The standard InChI is InChI=1S/C32H40N8O5/c1-22-20-44-17-13-39(22)30-35-29(36-31(37-30)40-14-18-45-21-23(40)2)25-5-9-27(10-6-25)34-32(42)33-26-7-3-24(4-8-26)28(41)19-38-11-15-43-16-12-38/h3-10,22-23H,11-21H2,1-2H3,(H2,33,34,42)/t22-,23-/m1/s1. The number of rotatable bonds is 8. The monoisotopic (exact) mass is 616 g/mol. The van der Waals surface area contributed by atoms with Crippen LogP contribution in [0.3, 0.4) is 0 Å². The number of carbonyl (C=O) groups is 2. The van der Waals surface area contributed by atoms with Crippen molar-refractivity contribution in [3.63, 3.8) is 0 Å². The van der Waals surface area contributed by atoms with Crippen LogP contribution in [0, 0.1) is 0 Å². The average Bonchev–Trinajstić information content (AvgIpc) is 3.06. The van der Waals surface area contributed by atoms with Gasteiger partial charge < -0.3 is 34.6 Å². The second kappa shape index (κ2) is 14.3. The lowest BCUT2D eigenvalue weighted by atomic mass is 10.1. The highest BCUT2D eigenvalue weighted by molar-refractivity contribution is 6.01. The quantitative estimate of drug-likeness (QED) is 0.362. The van der Waals surface area contributed by atoms with Gasteiger partial charge in [0, 0.05) is 48.7 Å². The van der Waals surface area contributed by atoms with Crippen molar-refractivity contribution in [2.24, 2.45) is 0 Å². The predicted molar refractivity (Wildman–Crippen MR) is 171 cm³/mol. The number of morpholine rings is 3. The van der Waals surface area contributed by atoms with E-state index in [1.165, 1.54) is 0 Å². The molecule has 1 aromatic heterocycles. The Morgan fingerprint density at radius 1 is 0.711 bits per heavy atom. The Morgan fingerprint density at radius 3 is 1.76 bits per heavy atom. The molecule has 0 spiro atoms. The first-order chi connectivity index (χ1) is 21.9. The number of amides is 2. The van der Waals surface area contributed by atoms with Crippen molar-refractivity contribution >= 4 is 35.1 Å². The molecular weight excluding hydrogens is 576 g/mol. The van der Waals surface area contributed by atoms with Crippen molar-refractivity contribution in [3.8, 4) is 11.4 Å². The summed E-state index contributed by atoms with van der Waals surface area (Å²) in [6, 6.07) is 14.2. The molecule has 3 saturated heterocycles. The van der Waals surface area contributed by atoms with Gasteiger partial charge in [-0.3, -0.25) is 9.69 Å². The minimum absolute atomic E-state index is 0.0457. The number of benzene rings is 2. The Bertz CT molecular complexity index is 1430. The van der Waals surface area contributed by atoms with Crippen LogP contribution < -0.4 is 20.4 Å². The van der Waals surface area contributed by atoms with Gasteiger partial charge in [0.2, 0.25) is 11.9 Å². The topological polar surface area (TPSA) is 134 Å². The van der Waals surface area contributed by atoms with Gasteiger partial charge in [-0.05, 0) is 62.4 Å². The molecule has 0 radical (unpaired) electrons. The van der Waals surface area contributed by atoms with Gasteiger partial charge in [-0.25, -0.2) is 4.79 Å². The first-order valence-corrected chi connectivity index (χ1v) is 15.5. The van der Waals surface area contributed by atoms with Gasteiger partial charge >= 0.3 is 6.03 Å². The first-order valence-electron chi connectivity index (χ1n) is 15.5. The molecule has 0 unspecified atom stereocenters. The molecule has 2 amide bonds. The lowest BCUT2D eigenvalue weighted by Crippen LogP contribution is -2.46. The van der Waals surface area contributed by atoms with Gasteiger partial charge in [0.25, 0.3) is 0 Å². The van der Waals surface area contributed by atoms with Gasteiger partial charge in [-0.1, -0.05) is 0 Å². The van der Waals surface area contributed by atoms with Crippen molar-refractivity contribution in [1.29, 1.82) is 0 Å². The second-order valence-corrected chi connectivity index (χ2v) is 11.5. The normalized spacial score (nSPS) is 20.9. The van der Waals surface area contributed by atoms with Crippen LogP contribution in [0.25, 0.3) is 11.4 Å². The van der Waals surface area contributed by atoms with E-state index in [9.17, 15) is 9.59 Å². The Balaban J connectivity index is 1.11. The zero-order chi connectivity index (χ0) is 31.2. The smallest absolute Gasteiger partial charge is 0.323 e. The maximum atomic E-state index is 12.7. The van der Waals surface area contributed by atoms with E-state index in [1.54, 1.807) is 24.3 Å². The zero-order valence-electron chi connectivity index (χ0n) is 25.8. The fourth-order valence-electron chi connectivity index (χ4n) is 5.58. The summed E-state index contributed by atoms with van der Waals surface area (Å²) in [5.41, 5.74) is 2.63. The van der Waals surface area contributed by atoms with Gasteiger partial charge in [0.1, 0.15) is 0 Å². The fourth-order valence-corrected chi connectivity index (χ4v) is 5.58. The molecule has 2 aromatic carbocycles. The molecule has 4 heterocycles. The number of anilines is 4. The first kappa shape index (κ1) is 30.8. The molecule has 0 aliphatic carbocycles. The molecule has 3 fully saturated rings. The highest BCUT2D eigenvalue weighted by Gasteiger charge is 2.27. The van der Waals surface area contributed by atoms with Crippen molar-refractivity contribution in [2.45, 2.75) is 25.9 Å². The lowest BCUT2D eigenvalue weighted by molar-refractivity contribution is 0.0371. The summed E-state index contributed by atoms with van der Waals surface area (Å²) in [6.07, 6.45) is 0. The number of nitrogens with one attached hydrogen (secondary N) is 2. The van der Waals surface area contributed by atoms with Crippen LogP contribution in [0.2, 0.25) is 0 Å². The molecule has 0 bridgehead atoms. The van der Waals surface area contributed by atoms with Crippen LogP contribution in [0.1, 0.15) is 24.2 Å². The largest absolute Gasteiger partial charge is 0.379 e. The Kier molecular flexibility index (Phi) is 9.79. The van der Waals surface area contributed by atoms with E-state index in [0.29, 0.717) is 93.9 Å². The van der Waals surface area contributed by atoms with Gasteiger partial charge in [-0.2, -0.15) is 15.0 Å². The van der Waals surface area contributed by atoms with E-state index in [-0.39, 0.29) is 23.9 Å². The molecule has 45 heavy (non-hydrogen) atoms. The molecule has 3 aromatic rings. The molecule has 6 rings (SSSR count). The highest BCUT2D eigenvalue weighted by Crippen LogP contribution is 2.26. The number of nitrogens with zero attached hydrogens (tertiary/aromatic N) is 6. The summed E-state index contributed by atoms with van der Waals surface area (Å²) in [5.74, 6) is 1.86. The Morgan fingerprint density at radius 2 is 1.22 bits per heavy atom. The molecule has 2 N–H and O–H groups in total. The van der Waals surface area contributed by atoms with E-state index < -0.39 is 0 Å². The van der Waals surface area contributed by atoms with E-state index in [1.807, 2.05) is 24.3 Å². The van der Waals surface area contributed by atoms with Gasteiger partial charge in [0.15, 0.2) is 11.6 Å². The molecule has 238 valence electrons. The predicted octanol–water partition coefficient (Wildman–Crippen LogP) is 3.15.